The van der Waals surface area contributed by atoms with Gasteiger partial charge in [-0.3, -0.25) is 4.79 Å². The minimum absolute atomic E-state index is 0.211. The molecule has 21 heavy (non-hydrogen) atoms. The van der Waals surface area contributed by atoms with Crippen molar-refractivity contribution < 1.29 is 9.53 Å². The van der Waals surface area contributed by atoms with E-state index in [1.165, 1.54) is 0 Å². The van der Waals surface area contributed by atoms with Gasteiger partial charge in [-0.05, 0) is 56.1 Å². The summed E-state index contributed by atoms with van der Waals surface area (Å²) in [4.78, 5) is 13.2. The number of hydrogen-bond donors (Lipinski definition) is 1. The highest BCUT2D eigenvalue weighted by Gasteiger charge is 2.46. The molecule has 2 unspecified atom stereocenters. The van der Waals surface area contributed by atoms with E-state index in [0.29, 0.717) is 6.61 Å². The normalized spacial score (nSPS) is 25.0. The highest BCUT2D eigenvalue weighted by atomic mass is 35.5. The van der Waals surface area contributed by atoms with Crippen molar-refractivity contribution in [3.63, 3.8) is 0 Å². The fourth-order valence-corrected chi connectivity index (χ4v) is 4.19. The minimum Gasteiger partial charge on any atom is -0.465 e. The van der Waals surface area contributed by atoms with Gasteiger partial charge < -0.3 is 10.5 Å². The van der Waals surface area contributed by atoms with Crippen molar-refractivity contribution in [2.24, 2.45) is 11.7 Å². The molecule has 1 saturated carbocycles. The number of rotatable bonds is 6. The van der Waals surface area contributed by atoms with Gasteiger partial charge >= 0.3 is 5.97 Å². The van der Waals surface area contributed by atoms with Crippen LogP contribution in [0.2, 0.25) is 5.02 Å². The van der Waals surface area contributed by atoms with Crippen LogP contribution in [0.15, 0.2) is 29.2 Å². The van der Waals surface area contributed by atoms with E-state index in [4.69, 9.17) is 22.1 Å². The number of thioether (sulfide) groups is 1. The number of ether oxygens (including phenoxy) is 1. The molecular weight excluding hydrogens is 306 g/mol. The number of hydrogen-bond acceptors (Lipinski definition) is 4. The summed E-state index contributed by atoms with van der Waals surface area (Å²) >= 11 is 7.73. The van der Waals surface area contributed by atoms with Crippen molar-refractivity contribution in [1.29, 1.82) is 0 Å². The van der Waals surface area contributed by atoms with Gasteiger partial charge in [0, 0.05) is 9.92 Å². The lowest BCUT2D eigenvalue weighted by Crippen LogP contribution is -2.52. The summed E-state index contributed by atoms with van der Waals surface area (Å²) in [5.74, 6) is 0.909. The predicted octanol–water partition coefficient (Wildman–Crippen LogP) is 3.88. The van der Waals surface area contributed by atoms with E-state index in [1.54, 1.807) is 11.8 Å². The average Bonchev–Trinajstić information content (AvgIpc) is 2.82. The fraction of sp³-hybridized carbons (Fsp3) is 0.562. The first-order valence-corrected chi connectivity index (χ1v) is 8.77. The molecule has 1 aliphatic rings. The molecule has 5 heteroatoms. The summed E-state index contributed by atoms with van der Waals surface area (Å²) in [6, 6.07) is 7.83. The first-order valence-electron chi connectivity index (χ1n) is 7.40. The summed E-state index contributed by atoms with van der Waals surface area (Å²) in [6.45, 7) is 2.21. The van der Waals surface area contributed by atoms with E-state index in [9.17, 15) is 4.79 Å². The van der Waals surface area contributed by atoms with Crippen LogP contribution in [0.1, 0.15) is 32.6 Å². The van der Waals surface area contributed by atoms with Crippen molar-refractivity contribution in [3.8, 4) is 0 Å². The molecular formula is C16H22ClNO2S. The topological polar surface area (TPSA) is 52.3 Å². The Morgan fingerprint density at radius 3 is 3.10 bits per heavy atom. The van der Waals surface area contributed by atoms with E-state index in [0.717, 1.165) is 41.4 Å². The summed E-state index contributed by atoms with van der Waals surface area (Å²) in [7, 11) is 0. The smallest absolute Gasteiger partial charge is 0.326 e. The van der Waals surface area contributed by atoms with Gasteiger partial charge in [0.1, 0.15) is 5.54 Å². The van der Waals surface area contributed by atoms with Crippen LogP contribution in [-0.4, -0.2) is 23.9 Å². The molecule has 0 amide bonds. The summed E-state index contributed by atoms with van der Waals surface area (Å²) < 4.78 is 5.15. The zero-order valence-corrected chi connectivity index (χ0v) is 13.9. The Labute approximate surface area is 135 Å². The van der Waals surface area contributed by atoms with Gasteiger partial charge in [0.25, 0.3) is 0 Å². The fourth-order valence-electron chi connectivity index (χ4n) is 2.91. The number of carbonyl (C=O) groups is 1. The predicted molar refractivity (Wildman–Crippen MR) is 87.7 cm³/mol. The highest BCUT2D eigenvalue weighted by Crippen LogP contribution is 2.38. The van der Waals surface area contributed by atoms with Crippen molar-refractivity contribution in [2.45, 2.75) is 43.0 Å². The summed E-state index contributed by atoms with van der Waals surface area (Å²) in [6.07, 6.45) is 3.66. The Morgan fingerprint density at radius 1 is 1.57 bits per heavy atom. The quantitative estimate of drug-likeness (QED) is 0.636. The van der Waals surface area contributed by atoms with Crippen molar-refractivity contribution >= 4 is 29.3 Å². The van der Waals surface area contributed by atoms with Crippen molar-refractivity contribution in [2.75, 3.05) is 12.4 Å². The molecule has 1 fully saturated rings. The Hall–Kier alpha value is -0.710. The Kier molecular flexibility index (Phi) is 5.97. The van der Waals surface area contributed by atoms with Crippen LogP contribution in [0.25, 0.3) is 0 Å². The highest BCUT2D eigenvalue weighted by molar-refractivity contribution is 7.99. The van der Waals surface area contributed by atoms with Crippen LogP contribution in [0.4, 0.5) is 0 Å². The molecule has 0 radical (unpaired) electrons. The molecule has 1 aliphatic carbocycles. The van der Waals surface area contributed by atoms with Crippen LogP contribution in [-0.2, 0) is 9.53 Å². The van der Waals surface area contributed by atoms with Crippen molar-refractivity contribution in [1.82, 2.24) is 0 Å². The van der Waals surface area contributed by atoms with E-state index in [1.807, 2.05) is 31.2 Å². The number of nitrogens with two attached hydrogens (primary N) is 1. The standard InChI is InChI=1S/C16H22ClNO2S/c1-2-20-15(19)16(18)9-4-5-12(16)8-10-21-14-7-3-6-13(17)11-14/h3,6-7,11-12H,2,4-5,8-10,18H2,1H3. The van der Waals surface area contributed by atoms with Gasteiger partial charge in [-0.2, -0.15) is 0 Å². The monoisotopic (exact) mass is 327 g/mol. The van der Waals surface area contributed by atoms with Crippen LogP contribution >= 0.6 is 23.4 Å². The maximum absolute atomic E-state index is 12.1. The first-order chi connectivity index (χ1) is 10.1. The Balaban J connectivity index is 1.88. The molecule has 1 aromatic carbocycles. The lowest BCUT2D eigenvalue weighted by Gasteiger charge is -2.28. The zero-order valence-electron chi connectivity index (χ0n) is 12.3. The van der Waals surface area contributed by atoms with Crippen LogP contribution in [0.5, 0.6) is 0 Å². The Morgan fingerprint density at radius 2 is 2.38 bits per heavy atom. The molecule has 0 aromatic heterocycles. The van der Waals surface area contributed by atoms with Gasteiger partial charge in [-0.15, -0.1) is 11.8 Å². The minimum atomic E-state index is -0.787. The van der Waals surface area contributed by atoms with E-state index in [-0.39, 0.29) is 11.9 Å². The largest absolute Gasteiger partial charge is 0.465 e. The zero-order chi connectivity index (χ0) is 15.3. The summed E-state index contributed by atoms with van der Waals surface area (Å²) in [5.41, 5.74) is 5.54. The molecule has 116 valence electrons. The molecule has 0 aliphatic heterocycles. The van der Waals surface area contributed by atoms with Crippen LogP contribution in [0, 0.1) is 5.92 Å². The maximum Gasteiger partial charge on any atom is 0.326 e. The lowest BCUT2D eigenvalue weighted by atomic mass is 9.86. The average molecular weight is 328 g/mol. The molecule has 2 N–H and O–H groups in total. The molecule has 3 nitrogen and oxygen atoms in total. The number of halogens is 1. The molecule has 2 atom stereocenters. The van der Waals surface area contributed by atoms with Gasteiger partial charge in [0.15, 0.2) is 0 Å². The van der Waals surface area contributed by atoms with E-state index in [2.05, 4.69) is 0 Å². The summed E-state index contributed by atoms with van der Waals surface area (Å²) in [5, 5.41) is 0.751. The molecule has 1 aromatic rings. The molecule has 2 rings (SSSR count). The molecule has 0 bridgehead atoms. The third-order valence-electron chi connectivity index (χ3n) is 4.06. The third kappa shape index (κ3) is 4.15. The number of benzene rings is 1. The maximum atomic E-state index is 12.1. The van der Waals surface area contributed by atoms with Gasteiger partial charge in [0.05, 0.1) is 6.61 Å². The third-order valence-corrected chi connectivity index (χ3v) is 5.32. The number of carbonyl (C=O) groups excluding carboxylic acids is 1. The second-order valence-corrected chi connectivity index (χ2v) is 7.05. The Bertz CT molecular complexity index is 497. The van der Waals surface area contributed by atoms with E-state index < -0.39 is 5.54 Å². The van der Waals surface area contributed by atoms with Gasteiger partial charge in [0.2, 0.25) is 0 Å². The first kappa shape index (κ1) is 16.7. The molecule has 0 spiro atoms. The van der Waals surface area contributed by atoms with Gasteiger partial charge in [-0.1, -0.05) is 24.1 Å². The van der Waals surface area contributed by atoms with Crippen LogP contribution < -0.4 is 5.73 Å². The second kappa shape index (κ2) is 7.52. The molecule has 0 saturated heterocycles. The molecule has 0 heterocycles. The second-order valence-electron chi connectivity index (χ2n) is 5.44. The number of esters is 1. The van der Waals surface area contributed by atoms with Crippen LogP contribution in [0.3, 0.4) is 0 Å². The van der Waals surface area contributed by atoms with Crippen molar-refractivity contribution in [3.05, 3.63) is 29.3 Å². The van der Waals surface area contributed by atoms with E-state index >= 15 is 0 Å². The van der Waals surface area contributed by atoms with Gasteiger partial charge in [-0.25, -0.2) is 0 Å². The lowest BCUT2D eigenvalue weighted by molar-refractivity contribution is -0.151. The SMILES string of the molecule is CCOC(=O)C1(N)CCCC1CCSc1cccc(Cl)c1.